The van der Waals surface area contributed by atoms with Crippen LogP contribution in [0.25, 0.3) is 5.69 Å². The van der Waals surface area contributed by atoms with Crippen LogP contribution in [0.15, 0.2) is 65.0 Å². The Kier molecular flexibility index (Phi) is 4.41. The van der Waals surface area contributed by atoms with Crippen molar-refractivity contribution in [1.82, 2.24) is 15.0 Å². The van der Waals surface area contributed by atoms with Crippen LogP contribution in [0.5, 0.6) is 0 Å². The predicted octanol–water partition coefficient (Wildman–Crippen LogP) is 6.06. The fourth-order valence-electron chi connectivity index (χ4n) is 6.63. The fourth-order valence-corrected chi connectivity index (χ4v) is 6.63. The Labute approximate surface area is 185 Å². The molecule has 1 aromatic heterocycles. The van der Waals surface area contributed by atoms with E-state index in [1.807, 2.05) is 35.1 Å². The molecular weight excluding hydrogens is 404 g/mol. The highest BCUT2D eigenvalue weighted by Gasteiger charge is 2.53. The highest BCUT2D eigenvalue weighted by atomic mass is 16.6. The van der Waals surface area contributed by atoms with Crippen molar-refractivity contribution in [3.8, 4) is 5.69 Å². The maximum absolute atomic E-state index is 10.8. The lowest BCUT2D eigenvalue weighted by atomic mass is 9.49. The minimum Gasteiger partial charge on any atom is -0.258 e. The van der Waals surface area contributed by atoms with Gasteiger partial charge in [0.05, 0.1) is 33.9 Å². The van der Waals surface area contributed by atoms with Crippen LogP contribution in [-0.2, 0) is 5.41 Å². The Morgan fingerprint density at radius 2 is 1.41 bits per heavy atom. The minimum atomic E-state index is -0.429. The summed E-state index contributed by atoms with van der Waals surface area (Å²) in [7, 11) is 0. The molecule has 8 nitrogen and oxygen atoms in total. The first-order valence-electron chi connectivity index (χ1n) is 11.3. The van der Waals surface area contributed by atoms with Gasteiger partial charge in [0.25, 0.3) is 5.69 Å². The lowest BCUT2D eigenvalue weighted by Crippen LogP contribution is -2.49. The SMILES string of the molecule is O=[N+]([O-])c1ccc(N=Nc2ccc(-n3nncc3C34CC5CC(CC(C5)C3)C4)cc2)cc1. The van der Waals surface area contributed by atoms with Crippen LogP contribution in [0.1, 0.15) is 44.2 Å². The van der Waals surface area contributed by atoms with Gasteiger partial charge in [-0.15, -0.1) is 5.10 Å². The molecule has 0 spiro atoms. The first-order valence-corrected chi connectivity index (χ1v) is 11.3. The second kappa shape index (κ2) is 7.32. The molecule has 3 aromatic rings. The Balaban J connectivity index is 1.23. The van der Waals surface area contributed by atoms with E-state index in [2.05, 4.69) is 20.5 Å². The first kappa shape index (κ1) is 19.3. The molecule has 0 atom stereocenters. The van der Waals surface area contributed by atoms with Crippen molar-refractivity contribution in [1.29, 1.82) is 0 Å². The molecule has 0 unspecified atom stereocenters. The van der Waals surface area contributed by atoms with Gasteiger partial charge in [-0.3, -0.25) is 10.1 Å². The van der Waals surface area contributed by atoms with Crippen LogP contribution in [0.3, 0.4) is 0 Å². The third-order valence-electron chi connectivity index (χ3n) is 7.57. The number of benzene rings is 2. The monoisotopic (exact) mass is 428 g/mol. The van der Waals surface area contributed by atoms with E-state index in [9.17, 15) is 10.1 Å². The number of hydrogen-bond acceptors (Lipinski definition) is 6. The van der Waals surface area contributed by atoms with E-state index in [0.717, 1.165) is 23.4 Å². The average Bonchev–Trinajstić information content (AvgIpc) is 3.28. The van der Waals surface area contributed by atoms with E-state index in [-0.39, 0.29) is 11.1 Å². The largest absolute Gasteiger partial charge is 0.269 e. The lowest BCUT2D eigenvalue weighted by Gasteiger charge is -2.56. The molecule has 4 saturated carbocycles. The Bertz CT molecular complexity index is 1150. The molecule has 8 heteroatoms. The molecule has 4 aliphatic rings. The second-order valence-corrected chi connectivity index (χ2v) is 9.72. The summed E-state index contributed by atoms with van der Waals surface area (Å²) in [5, 5.41) is 27.9. The summed E-state index contributed by atoms with van der Waals surface area (Å²) in [5.41, 5.74) is 3.80. The van der Waals surface area contributed by atoms with E-state index < -0.39 is 4.92 Å². The molecule has 1 heterocycles. The predicted molar refractivity (Wildman–Crippen MR) is 118 cm³/mol. The third-order valence-corrected chi connectivity index (χ3v) is 7.57. The Morgan fingerprint density at radius 3 is 1.94 bits per heavy atom. The van der Waals surface area contributed by atoms with Gasteiger partial charge in [-0.25, -0.2) is 4.68 Å². The van der Waals surface area contributed by atoms with Gasteiger partial charge in [0, 0.05) is 17.5 Å². The van der Waals surface area contributed by atoms with Gasteiger partial charge in [-0.1, -0.05) is 5.21 Å². The van der Waals surface area contributed by atoms with Crippen LogP contribution in [0.2, 0.25) is 0 Å². The summed E-state index contributed by atoms with van der Waals surface area (Å²) in [5.74, 6) is 2.60. The molecule has 4 fully saturated rings. The van der Waals surface area contributed by atoms with Gasteiger partial charge >= 0.3 is 0 Å². The van der Waals surface area contributed by atoms with Crippen molar-refractivity contribution in [2.24, 2.45) is 28.0 Å². The minimum absolute atomic E-state index is 0.0379. The molecule has 0 amide bonds. The highest BCUT2D eigenvalue weighted by Crippen LogP contribution is 2.60. The Hall–Kier alpha value is -3.42. The summed E-state index contributed by atoms with van der Waals surface area (Å²) >= 11 is 0. The quantitative estimate of drug-likeness (QED) is 0.280. The molecule has 0 N–H and O–H groups in total. The molecule has 162 valence electrons. The topological polar surface area (TPSA) is 98.6 Å². The van der Waals surface area contributed by atoms with Crippen molar-refractivity contribution >= 4 is 17.1 Å². The second-order valence-electron chi connectivity index (χ2n) is 9.72. The van der Waals surface area contributed by atoms with Crippen LogP contribution in [-0.4, -0.2) is 19.9 Å². The van der Waals surface area contributed by atoms with Gasteiger partial charge in [0.15, 0.2) is 0 Å². The molecule has 7 rings (SSSR count). The van der Waals surface area contributed by atoms with Crippen LogP contribution >= 0.6 is 0 Å². The molecule has 4 aliphatic carbocycles. The summed E-state index contributed by atoms with van der Waals surface area (Å²) < 4.78 is 2.02. The lowest BCUT2D eigenvalue weighted by molar-refractivity contribution is -0.384. The average molecular weight is 428 g/mol. The van der Waals surface area contributed by atoms with E-state index >= 15 is 0 Å². The van der Waals surface area contributed by atoms with E-state index in [1.165, 1.54) is 56.4 Å². The van der Waals surface area contributed by atoms with Crippen LogP contribution in [0.4, 0.5) is 17.1 Å². The normalized spacial score (nSPS) is 28.4. The molecule has 0 saturated heterocycles. The third kappa shape index (κ3) is 3.30. The van der Waals surface area contributed by atoms with E-state index in [1.54, 1.807) is 12.1 Å². The number of rotatable bonds is 5. The van der Waals surface area contributed by atoms with Gasteiger partial charge in [0.1, 0.15) is 0 Å². The van der Waals surface area contributed by atoms with E-state index in [4.69, 9.17) is 0 Å². The van der Waals surface area contributed by atoms with Gasteiger partial charge in [-0.2, -0.15) is 10.2 Å². The van der Waals surface area contributed by atoms with Crippen molar-refractivity contribution in [2.75, 3.05) is 0 Å². The number of nitro benzene ring substituents is 1. The van der Waals surface area contributed by atoms with Crippen LogP contribution < -0.4 is 0 Å². The summed E-state index contributed by atoms with van der Waals surface area (Å²) in [6, 6.07) is 13.9. The molecule has 32 heavy (non-hydrogen) atoms. The van der Waals surface area contributed by atoms with Crippen molar-refractivity contribution < 1.29 is 4.92 Å². The molecule has 2 aromatic carbocycles. The summed E-state index contributed by atoms with van der Waals surface area (Å²) in [6.07, 6.45) is 10.0. The van der Waals surface area contributed by atoms with Crippen molar-refractivity contribution in [2.45, 2.75) is 43.9 Å². The number of nitrogens with zero attached hydrogens (tertiary/aromatic N) is 6. The van der Waals surface area contributed by atoms with Crippen molar-refractivity contribution in [3.05, 3.63) is 70.5 Å². The molecule has 0 radical (unpaired) electrons. The Morgan fingerprint density at radius 1 is 0.875 bits per heavy atom. The van der Waals surface area contributed by atoms with E-state index in [0.29, 0.717) is 11.4 Å². The zero-order valence-electron chi connectivity index (χ0n) is 17.7. The number of hydrogen-bond donors (Lipinski definition) is 0. The first-order chi connectivity index (χ1) is 15.6. The maximum Gasteiger partial charge on any atom is 0.269 e. The van der Waals surface area contributed by atoms with Crippen molar-refractivity contribution in [3.63, 3.8) is 0 Å². The maximum atomic E-state index is 10.8. The molecule has 4 bridgehead atoms. The summed E-state index contributed by atoms with van der Waals surface area (Å²) in [6.45, 7) is 0. The number of azo groups is 1. The highest BCUT2D eigenvalue weighted by molar-refractivity contribution is 5.47. The number of nitro groups is 1. The number of aromatic nitrogens is 3. The fraction of sp³-hybridized carbons (Fsp3) is 0.417. The summed E-state index contributed by atoms with van der Waals surface area (Å²) in [4.78, 5) is 10.3. The van der Waals surface area contributed by atoms with Gasteiger partial charge in [-0.05, 0) is 92.7 Å². The van der Waals surface area contributed by atoms with Crippen LogP contribution in [0, 0.1) is 27.9 Å². The zero-order chi connectivity index (χ0) is 21.7. The molecular formula is C24H24N6O2. The van der Waals surface area contributed by atoms with Gasteiger partial charge < -0.3 is 0 Å². The zero-order valence-corrected chi connectivity index (χ0v) is 17.7. The standard InChI is InChI=1S/C24H24N6O2/c31-30(32)22-7-3-20(4-8-22)27-26-19-1-5-21(6-2-19)29-23(15-25-28-29)24-12-16-9-17(13-24)11-18(10-16)14-24/h1-8,15-18H,9-14H2. The molecule has 0 aliphatic heterocycles. The smallest absolute Gasteiger partial charge is 0.258 e. The van der Waals surface area contributed by atoms with Gasteiger partial charge in [0.2, 0.25) is 0 Å². The number of non-ortho nitro benzene ring substituents is 1.